The van der Waals surface area contributed by atoms with Crippen LogP contribution < -0.4 is 10.5 Å². The molecular weight excluding hydrogens is 298 g/mol. The van der Waals surface area contributed by atoms with Crippen molar-refractivity contribution in [3.63, 3.8) is 0 Å². The first-order valence-electron chi connectivity index (χ1n) is 9.41. The standard InChI is InChI=1S/C20H31N3O/c1-23-11-6-7-17(23)13-16-15-22-20-9-8-18(14-19(16)20)24-12-5-3-2-4-10-21/h8-9,14-15,17,22H,2-7,10-13,21H2,1H3. The molecule has 132 valence electrons. The van der Waals surface area contributed by atoms with Crippen LogP contribution in [0.2, 0.25) is 0 Å². The number of fused-ring (bicyclic) bond motifs is 1. The van der Waals surface area contributed by atoms with Crippen molar-refractivity contribution in [1.29, 1.82) is 0 Å². The van der Waals surface area contributed by atoms with Crippen LogP contribution in [0.25, 0.3) is 10.9 Å². The SMILES string of the molecule is CN1CCCC1Cc1c[nH]c2ccc(OCCCCCCN)cc12. The number of aromatic nitrogens is 1. The first-order valence-corrected chi connectivity index (χ1v) is 9.41. The van der Waals surface area contributed by atoms with Crippen molar-refractivity contribution >= 4 is 10.9 Å². The summed E-state index contributed by atoms with van der Waals surface area (Å²) >= 11 is 0. The maximum Gasteiger partial charge on any atom is 0.120 e. The Labute approximate surface area is 145 Å². The fourth-order valence-electron chi connectivity index (χ4n) is 3.70. The Balaban J connectivity index is 1.58. The summed E-state index contributed by atoms with van der Waals surface area (Å²) in [6.45, 7) is 2.82. The van der Waals surface area contributed by atoms with Crippen molar-refractivity contribution in [3.05, 3.63) is 30.0 Å². The van der Waals surface area contributed by atoms with Crippen LogP contribution in [0.3, 0.4) is 0 Å². The van der Waals surface area contributed by atoms with E-state index in [0.717, 1.165) is 38.2 Å². The smallest absolute Gasteiger partial charge is 0.120 e. The largest absolute Gasteiger partial charge is 0.494 e. The van der Waals surface area contributed by atoms with Crippen molar-refractivity contribution in [2.24, 2.45) is 5.73 Å². The molecule has 1 aromatic carbocycles. The molecule has 1 aliphatic rings. The molecule has 0 spiro atoms. The minimum Gasteiger partial charge on any atom is -0.494 e. The van der Waals surface area contributed by atoms with Gasteiger partial charge in [0.1, 0.15) is 5.75 Å². The minimum absolute atomic E-state index is 0.677. The number of hydrogen-bond acceptors (Lipinski definition) is 3. The molecule has 4 heteroatoms. The average molecular weight is 329 g/mol. The molecule has 1 aromatic heterocycles. The number of hydrogen-bond donors (Lipinski definition) is 2. The van der Waals surface area contributed by atoms with E-state index in [0.29, 0.717) is 6.04 Å². The molecule has 1 aliphatic heterocycles. The first kappa shape index (κ1) is 17.3. The number of likely N-dealkylation sites (tertiary alicyclic amines) is 1. The van der Waals surface area contributed by atoms with Gasteiger partial charge >= 0.3 is 0 Å². The van der Waals surface area contributed by atoms with Crippen LogP contribution in [0.1, 0.15) is 44.1 Å². The summed E-state index contributed by atoms with van der Waals surface area (Å²) < 4.78 is 5.95. The van der Waals surface area contributed by atoms with Gasteiger partial charge in [-0.15, -0.1) is 0 Å². The van der Waals surface area contributed by atoms with Gasteiger partial charge in [-0.05, 0) is 76.0 Å². The van der Waals surface area contributed by atoms with Crippen LogP contribution >= 0.6 is 0 Å². The lowest BCUT2D eigenvalue weighted by atomic mass is 10.0. The third kappa shape index (κ3) is 4.31. The summed E-state index contributed by atoms with van der Waals surface area (Å²) in [5.41, 5.74) is 8.14. The molecule has 1 fully saturated rings. The Morgan fingerprint density at radius 2 is 2.12 bits per heavy atom. The van der Waals surface area contributed by atoms with Gasteiger partial charge in [0.25, 0.3) is 0 Å². The van der Waals surface area contributed by atoms with Crippen LogP contribution in [-0.2, 0) is 6.42 Å². The van der Waals surface area contributed by atoms with E-state index >= 15 is 0 Å². The topological polar surface area (TPSA) is 54.3 Å². The zero-order valence-electron chi connectivity index (χ0n) is 14.9. The summed E-state index contributed by atoms with van der Waals surface area (Å²) in [7, 11) is 2.24. The molecule has 4 nitrogen and oxygen atoms in total. The maximum atomic E-state index is 5.95. The Morgan fingerprint density at radius 3 is 2.92 bits per heavy atom. The van der Waals surface area contributed by atoms with Gasteiger partial charge < -0.3 is 20.4 Å². The van der Waals surface area contributed by atoms with Gasteiger partial charge in [-0.1, -0.05) is 12.8 Å². The van der Waals surface area contributed by atoms with Gasteiger partial charge in [0.2, 0.25) is 0 Å². The molecule has 2 aromatic rings. The highest BCUT2D eigenvalue weighted by Gasteiger charge is 2.22. The van der Waals surface area contributed by atoms with Gasteiger partial charge in [0.05, 0.1) is 6.61 Å². The highest BCUT2D eigenvalue weighted by Crippen LogP contribution is 2.27. The lowest BCUT2D eigenvalue weighted by molar-refractivity contribution is 0.305. The summed E-state index contributed by atoms with van der Waals surface area (Å²) in [6.07, 6.45) is 10.6. The number of benzene rings is 1. The Kier molecular flexibility index (Phi) is 6.16. The molecule has 0 amide bonds. The Bertz CT molecular complexity index is 637. The molecular formula is C20H31N3O. The van der Waals surface area contributed by atoms with Gasteiger partial charge in [-0.2, -0.15) is 0 Å². The fraction of sp³-hybridized carbons (Fsp3) is 0.600. The van der Waals surface area contributed by atoms with Gasteiger partial charge in [0, 0.05) is 23.1 Å². The van der Waals surface area contributed by atoms with E-state index in [2.05, 4.69) is 41.3 Å². The van der Waals surface area contributed by atoms with Gasteiger partial charge in [-0.25, -0.2) is 0 Å². The highest BCUT2D eigenvalue weighted by atomic mass is 16.5. The summed E-state index contributed by atoms with van der Waals surface area (Å²) in [4.78, 5) is 5.90. The monoisotopic (exact) mass is 329 g/mol. The second kappa shape index (κ2) is 8.54. The second-order valence-corrected chi connectivity index (χ2v) is 7.05. The van der Waals surface area contributed by atoms with Crippen molar-refractivity contribution in [2.75, 3.05) is 26.7 Å². The van der Waals surface area contributed by atoms with Crippen LogP contribution in [0, 0.1) is 0 Å². The van der Waals surface area contributed by atoms with Crippen LogP contribution in [-0.4, -0.2) is 42.7 Å². The molecule has 3 rings (SSSR count). The van der Waals surface area contributed by atoms with Crippen LogP contribution in [0.5, 0.6) is 5.75 Å². The molecule has 0 saturated carbocycles. The molecule has 0 bridgehead atoms. The number of likely N-dealkylation sites (N-methyl/N-ethyl adjacent to an activating group) is 1. The molecule has 24 heavy (non-hydrogen) atoms. The third-order valence-corrected chi connectivity index (χ3v) is 5.23. The predicted molar refractivity (Wildman–Crippen MR) is 101 cm³/mol. The number of nitrogens with zero attached hydrogens (tertiary/aromatic N) is 1. The van der Waals surface area contributed by atoms with Crippen molar-refractivity contribution < 1.29 is 4.74 Å². The summed E-state index contributed by atoms with van der Waals surface area (Å²) in [5, 5.41) is 1.32. The average Bonchev–Trinajstić information content (AvgIpc) is 3.18. The van der Waals surface area contributed by atoms with E-state index in [4.69, 9.17) is 10.5 Å². The van der Waals surface area contributed by atoms with Crippen LogP contribution in [0.4, 0.5) is 0 Å². The van der Waals surface area contributed by atoms with E-state index in [1.165, 1.54) is 48.7 Å². The van der Waals surface area contributed by atoms with Crippen molar-refractivity contribution in [2.45, 2.75) is 51.0 Å². The Hall–Kier alpha value is -1.52. The Morgan fingerprint density at radius 1 is 1.25 bits per heavy atom. The molecule has 2 heterocycles. The molecule has 0 aliphatic carbocycles. The maximum absolute atomic E-state index is 5.95. The number of H-pyrrole nitrogens is 1. The zero-order valence-corrected chi connectivity index (χ0v) is 14.9. The molecule has 0 radical (unpaired) electrons. The molecule has 1 atom stereocenters. The summed E-state index contributed by atoms with van der Waals surface area (Å²) in [5.74, 6) is 0.988. The van der Waals surface area contributed by atoms with Gasteiger partial charge in [-0.3, -0.25) is 0 Å². The van der Waals surface area contributed by atoms with E-state index in [9.17, 15) is 0 Å². The lowest BCUT2D eigenvalue weighted by Gasteiger charge is -2.18. The highest BCUT2D eigenvalue weighted by molar-refractivity contribution is 5.84. The molecule has 1 unspecified atom stereocenters. The number of nitrogens with one attached hydrogen (secondary N) is 1. The first-order chi connectivity index (χ1) is 11.8. The van der Waals surface area contributed by atoms with Crippen molar-refractivity contribution in [3.8, 4) is 5.75 Å². The van der Waals surface area contributed by atoms with Gasteiger partial charge in [0.15, 0.2) is 0 Å². The van der Waals surface area contributed by atoms with E-state index in [1.807, 2.05) is 0 Å². The second-order valence-electron chi connectivity index (χ2n) is 7.05. The predicted octanol–water partition coefficient (Wildman–Crippen LogP) is 3.70. The molecule has 1 saturated heterocycles. The van der Waals surface area contributed by atoms with E-state index < -0.39 is 0 Å². The number of rotatable bonds is 9. The van der Waals surface area contributed by atoms with Crippen LogP contribution in [0.15, 0.2) is 24.4 Å². The summed E-state index contributed by atoms with van der Waals surface area (Å²) in [6, 6.07) is 7.09. The fourth-order valence-corrected chi connectivity index (χ4v) is 3.70. The number of nitrogens with two attached hydrogens (primary N) is 1. The number of ether oxygens (including phenoxy) is 1. The molecule has 3 N–H and O–H groups in total. The third-order valence-electron chi connectivity index (χ3n) is 5.23. The van der Waals surface area contributed by atoms with E-state index in [-0.39, 0.29) is 0 Å². The number of aromatic amines is 1. The normalized spacial score (nSPS) is 18.5. The zero-order chi connectivity index (χ0) is 16.8. The minimum atomic E-state index is 0.677. The number of unbranched alkanes of at least 4 members (excludes halogenated alkanes) is 3. The van der Waals surface area contributed by atoms with Crippen molar-refractivity contribution in [1.82, 2.24) is 9.88 Å². The van der Waals surface area contributed by atoms with E-state index in [1.54, 1.807) is 0 Å². The lowest BCUT2D eigenvalue weighted by Crippen LogP contribution is -2.26. The quantitative estimate of drug-likeness (QED) is 0.690.